The van der Waals surface area contributed by atoms with Gasteiger partial charge in [0.05, 0.1) is 11.7 Å². The molecule has 0 atom stereocenters. The zero-order valence-electron chi connectivity index (χ0n) is 17.9. The molecule has 1 aliphatic heterocycles. The fourth-order valence-corrected chi connectivity index (χ4v) is 3.50. The maximum Gasteiger partial charge on any atom is 0.223 e. The van der Waals surface area contributed by atoms with Crippen LogP contribution in [-0.4, -0.2) is 29.4 Å². The maximum absolute atomic E-state index is 12.2. The number of carbonyl (C=O) groups excluding carboxylic acids is 2. The number of amides is 2. The highest BCUT2D eigenvalue weighted by Crippen LogP contribution is 2.26. The van der Waals surface area contributed by atoms with Gasteiger partial charge in [-0.25, -0.2) is 0 Å². The van der Waals surface area contributed by atoms with Gasteiger partial charge in [-0.1, -0.05) is 12.1 Å². The van der Waals surface area contributed by atoms with Crippen LogP contribution in [0.25, 0.3) is 0 Å². The molecule has 0 aromatic heterocycles. The van der Waals surface area contributed by atoms with Crippen LogP contribution < -0.4 is 15.2 Å². The number of nitriles is 1. The van der Waals surface area contributed by atoms with Crippen LogP contribution in [0, 0.1) is 11.3 Å². The summed E-state index contributed by atoms with van der Waals surface area (Å²) in [5.41, 5.74) is 8.73. The highest BCUT2D eigenvalue weighted by Gasteiger charge is 2.21. The Morgan fingerprint density at radius 2 is 1.97 bits per heavy atom. The van der Waals surface area contributed by atoms with Crippen LogP contribution in [-0.2, 0) is 29.2 Å². The number of rotatable bonds is 8. The molecule has 2 aromatic rings. The Bertz CT molecular complexity index is 1010. The van der Waals surface area contributed by atoms with Crippen molar-refractivity contribution in [2.24, 2.45) is 5.73 Å². The van der Waals surface area contributed by atoms with Crippen molar-refractivity contribution in [3.05, 3.63) is 58.7 Å². The summed E-state index contributed by atoms with van der Waals surface area (Å²) in [4.78, 5) is 24.9. The molecule has 7 heteroatoms. The van der Waals surface area contributed by atoms with Gasteiger partial charge in [0.15, 0.2) is 0 Å². The predicted molar refractivity (Wildman–Crippen MR) is 115 cm³/mol. The van der Waals surface area contributed by atoms with E-state index in [2.05, 4.69) is 6.07 Å². The van der Waals surface area contributed by atoms with Gasteiger partial charge in [0.1, 0.15) is 24.2 Å². The van der Waals surface area contributed by atoms with Crippen molar-refractivity contribution in [3.63, 3.8) is 0 Å². The van der Waals surface area contributed by atoms with E-state index in [9.17, 15) is 14.9 Å². The number of benzene rings is 2. The zero-order chi connectivity index (χ0) is 22.4. The second-order valence-electron chi connectivity index (χ2n) is 7.86. The average Bonchev–Trinajstić information content (AvgIpc) is 2.75. The molecular formula is C24H27N3O4. The largest absolute Gasteiger partial charge is 0.490 e. The summed E-state index contributed by atoms with van der Waals surface area (Å²) in [5.74, 6) is 0.803. The molecular weight excluding hydrogens is 394 g/mol. The minimum Gasteiger partial charge on any atom is -0.490 e. The van der Waals surface area contributed by atoms with Gasteiger partial charge in [-0.3, -0.25) is 9.59 Å². The summed E-state index contributed by atoms with van der Waals surface area (Å²) in [7, 11) is 0. The molecule has 0 fully saturated rings. The normalized spacial score (nSPS) is 12.8. The lowest BCUT2D eigenvalue weighted by atomic mass is 9.99. The third-order valence-corrected chi connectivity index (χ3v) is 5.06. The van der Waals surface area contributed by atoms with Crippen LogP contribution in [0.3, 0.4) is 0 Å². The number of ether oxygens (including phenoxy) is 2. The smallest absolute Gasteiger partial charge is 0.223 e. The number of hydrogen-bond acceptors (Lipinski definition) is 5. The van der Waals surface area contributed by atoms with Gasteiger partial charge in [0, 0.05) is 25.9 Å². The molecule has 0 aliphatic carbocycles. The lowest BCUT2D eigenvalue weighted by Crippen LogP contribution is -2.36. The Hall–Kier alpha value is -3.53. The number of fused-ring (bicyclic) bond motifs is 1. The molecule has 2 amide bonds. The van der Waals surface area contributed by atoms with Crippen LogP contribution in [0.1, 0.15) is 48.9 Å². The first-order chi connectivity index (χ1) is 14.9. The van der Waals surface area contributed by atoms with Crippen LogP contribution in [0.4, 0.5) is 0 Å². The SMILES string of the molecule is CC(C)Oc1ccc(COc2ccc3c(c2)CCN(C(=O)CCC(N)=O)C3)cc1C#N. The van der Waals surface area contributed by atoms with Gasteiger partial charge in [-0.2, -0.15) is 5.26 Å². The van der Waals surface area contributed by atoms with Gasteiger partial charge in [0.2, 0.25) is 11.8 Å². The Balaban J connectivity index is 1.61. The summed E-state index contributed by atoms with van der Waals surface area (Å²) in [6, 6.07) is 13.5. The van der Waals surface area contributed by atoms with Crippen LogP contribution in [0.15, 0.2) is 36.4 Å². The quantitative estimate of drug-likeness (QED) is 0.705. The van der Waals surface area contributed by atoms with Gasteiger partial charge < -0.3 is 20.1 Å². The maximum atomic E-state index is 12.2. The van der Waals surface area contributed by atoms with Gasteiger partial charge in [-0.05, 0) is 61.2 Å². The summed E-state index contributed by atoms with van der Waals surface area (Å²) >= 11 is 0. The molecule has 0 spiro atoms. The third kappa shape index (κ3) is 5.98. The molecule has 7 nitrogen and oxygen atoms in total. The molecule has 0 radical (unpaired) electrons. The molecule has 1 heterocycles. The number of carbonyl (C=O) groups is 2. The van der Waals surface area contributed by atoms with Crippen molar-refractivity contribution in [1.29, 1.82) is 5.26 Å². The van der Waals surface area contributed by atoms with Gasteiger partial charge in [-0.15, -0.1) is 0 Å². The van der Waals surface area contributed by atoms with E-state index in [1.54, 1.807) is 17.0 Å². The topological polar surface area (TPSA) is 106 Å². The van der Waals surface area contributed by atoms with E-state index in [0.29, 0.717) is 31.0 Å². The Morgan fingerprint density at radius 3 is 2.68 bits per heavy atom. The zero-order valence-corrected chi connectivity index (χ0v) is 17.9. The molecule has 0 unspecified atom stereocenters. The van der Waals surface area contributed by atoms with E-state index in [1.807, 2.05) is 38.1 Å². The molecule has 0 saturated heterocycles. The van der Waals surface area contributed by atoms with Gasteiger partial charge in [0.25, 0.3) is 0 Å². The van der Waals surface area contributed by atoms with E-state index in [0.717, 1.165) is 28.9 Å². The number of hydrogen-bond donors (Lipinski definition) is 1. The minimum atomic E-state index is -0.462. The molecule has 1 aliphatic rings. The van der Waals surface area contributed by atoms with Crippen LogP contribution >= 0.6 is 0 Å². The fraction of sp³-hybridized carbons (Fsp3) is 0.375. The number of nitrogens with zero attached hydrogens (tertiary/aromatic N) is 2. The summed E-state index contributed by atoms with van der Waals surface area (Å²) in [6.45, 7) is 5.31. The van der Waals surface area contributed by atoms with Crippen LogP contribution in [0.5, 0.6) is 11.5 Å². The van der Waals surface area contributed by atoms with E-state index in [4.69, 9.17) is 15.2 Å². The van der Waals surface area contributed by atoms with Crippen molar-refractivity contribution in [2.45, 2.75) is 52.4 Å². The standard InChI is InChI=1S/C24H27N3O4/c1-16(2)31-22-6-3-17(11-20(22)13-25)15-30-21-5-4-19-14-27(10-9-18(19)12-21)24(29)8-7-23(26)28/h3-6,11-12,16H,7-10,14-15H2,1-2H3,(H2,26,28). The molecule has 162 valence electrons. The second-order valence-corrected chi connectivity index (χ2v) is 7.86. The minimum absolute atomic E-state index is 0.000865. The van der Waals surface area contributed by atoms with E-state index in [-0.39, 0.29) is 24.9 Å². The first kappa shape index (κ1) is 22.2. The number of primary amides is 1. The summed E-state index contributed by atoms with van der Waals surface area (Å²) in [5, 5.41) is 9.37. The first-order valence-electron chi connectivity index (χ1n) is 10.4. The van der Waals surface area contributed by atoms with Crippen molar-refractivity contribution in [2.75, 3.05) is 6.54 Å². The molecule has 2 N–H and O–H groups in total. The number of nitrogens with two attached hydrogens (primary N) is 1. The third-order valence-electron chi connectivity index (χ3n) is 5.06. The molecule has 0 bridgehead atoms. The molecule has 2 aromatic carbocycles. The Kier molecular flexibility index (Phi) is 7.14. The van der Waals surface area contributed by atoms with E-state index in [1.165, 1.54) is 0 Å². The lowest BCUT2D eigenvalue weighted by Gasteiger charge is -2.29. The Morgan fingerprint density at radius 1 is 1.16 bits per heavy atom. The van der Waals surface area contributed by atoms with Crippen molar-refractivity contribution < 1.29 is 19.1 Å². The average molecular weight is 421 g/mol. The second kappa shape index (κ2) is 9.98. The molecule has 0 saturated carbocycles. The molecule has 31 heavy (non-hydrogen) atoms. The van der Waals surface area contributed by atoms with Crippen molar-refractivity contribution >= 4 is 11.8 Å². The molecule has 3 rings (SSSR count). The highest BCUT2D eigenvalue weighted by atomic mass is 16.5. The fourth-order valence-electron chi connectivity index (χ4n) is 3.50. The summed E-state index contributed by atoms with van der Waals surface area (Å²) in [6.07, 6.45) is 0.957. The Labute approximate surface area is 182 Å². The highest BCUT2D eigenvalue weighted by molar-refractivity contribution is 5.83. The lowest BCUT2D eigenvalue weighted by molar-refractivity contribution is -0.133. The van der Waals surface area contributed by atoms with E-state index >= 15 is 0 Å². The van der Waals surface area contributed by atoms with Crippen molar-refractivity contribution in [3.8, 4) is 17.6 Å². The first-order valence-corrected chi connectivity index (χ1v) is 10.4. The van der Waals surface area contributed by atoms with Crippen molar-refractivity contribution in [1.82, 2.24) is 4.90 Å². The van der Waals surface area contributed by atoms with Crippen LogP contribution in [0.2, 0.25) is 0 Å². The predicted octanol–water partition coefficient (Wildman–Crippen LogP) is 3.07. The van der Waals surface area contributed by atoms with E-state index < -0.39 is 5.91 Å². The van der Waals surface area contributed by atoms with Gasteiger partial charge >= 0.3 is 0 Å². The monoisotopic (exact) mass is 421 g/mol. The summed E-state index contributed by atoms with van der Waals surface area (Å²) < 4.78 is 11.6.